The molecule has 0 bridgehead atoms. The van der Waals surface area contributed by atoms with Crippen LogP contribution in [0.4, 0.5) is 5.69 Å². The molecule has 0 aliphatic carbocycles. The van der Waals surface area contributed by atoms with Crippen molar-refractivity contribution < 1.29 is 9.84 Å². The predicted octanol–water partition coefficient (Wildman–Crippen LogP) is -0.0235. The standard InChI is InChI=1S/C8H12N2O2/c1-12-8(10,11)6-2-4-7(9)5-3-6/h2-5,11H,9-10H2,1H3. The van der Waals surface area contributed by atoms with Crippen LogP contribution in [0.1, 0.15) is 5.56 Å². The van der Waals surface area contributed by atoms with Gasteiger partial charge in [0, 0.05) is 18.4 Å². The first-order chi connectivity index (χ1) is 5.56. The number of aliphatic hydroxyl groups is 1. The van der Waals surface area contributed by atoms with Gasteiger partial charge in [-0.2, -0.15) is 0 Å². The van der Waals surface area contributed by atoms with E-state index in [1.54, 1.807) is 24.3 Å². The second-order valence-corrected chi connectivity index (χ2v) is 2.52. The predicted molar refractivity (Wildman–Crippen MR) is 45.9 cm³/mol. The van der Waals surface area contributed by atoms with E-state index < -0.39 is 5.91 Å². The first-order valence-electron chi connectivity index (χ1n) is 3.48. The summed E-state index contributed by atoms with van der Waals surface area (Å²) in [6.07, 6.45) is 0. The lowest BCUT2D eigenvalue weighted by atomic mass is 10.1. The molecule has 0 saturated carbocycles. The van der Waals surface area contributed by atoms with Crippen molar-refractivity contribution in [2.45, 2.75) is 5.91 Å². The average molecular weight is 168 g/mol. The quantitative estimate of drug-likeness (QED) is 0.428. The molecule has 5 N–H and O–H groups in total. The Labute approximate surface area is 70.7 Å². The number of hydrogen-bond donors (Lipinski definition) is 3. The van der Waals surface area contributed by atoms with Crippen molar-refractivity contribution in [3.8, 4) is 0 Å². The van der Waals surface area contributed by atoms with Gasteiger partial charge in [-0.15, -0.1) is 0 Å². The van der Waals surface area contributed by atoms with Gasteiger partial charge in [-0.05, 0) is 12.1 Å². The molecule has 0 spiro atoms. The van der Waals surface area contributed by atoms with E-state index in [4.69, 9.17) is 11.5 Å². The molecule has 0 aliphatic rings. The molecule has 1 aromatic carbocycles. The van der Waals surface area contributed by atoms with Crippen molar-refractivity contribution in [1.82, 2.24) is 0 Å². The zero-order valence-electron chi connectivity index (χ0n) is 6.82. The molecule has 1 aromatic rings. The number of benzene rings is 1. The summed E-state index contributed by atoms with van der Waals surface area (Å²) in [5, 5.41) is 9.40. The van der Waals surface area contributed by atoms with Crippen molar-refractivity contribution in [1.29, 1.82) is 0 Å². The Morgan fingerprint density at radius 1 is 1.33 bits per heavy atom. The second kappa shape index (κ2) is 3.10. The first-order valence-corrected chi connectivity index (χ1v) is 3.48. The molecule has 4 nitrogen and oxygen atoms in total. The van der Waals surface area contributed by atoms with E-state index in [-0.39, 0.29) is 0 Å². The highest BCUT2D eigenvalue weighted by molar-refractivity contribution is 5.40. The molecule has 0 aromatic heterocycles. The lowest BCUT2D eigenvalue weighted by Crippen LogP contribution is -2.38. The van der Waals surface area contributed by atoms with Crippen molar-refractivity contribution in [3.05, 3.63) is 29.8 Å². The van der Waals surface area contributed by atoms with Crippen LogP contribution in [0.3, 0.4) is 0 Å². The first kappa shape index (κ1) is 8.99. The number of rotatable bonds is 2. The van der Waals surface area contributed by atoms with Crippen molar-refractivity contribution >= 4 is 5.69 Å². The molecule has 0 saturated heterocycles. The monoisotopic (exact) mass is 168 g/mol. The molecular weight excluding hydrogens is 156 g/mol. The van der Waals surface area contributed by atoms with E-state index in [2.05, 4.69) is 4.74 Å². The van der Waals surface area contributed by atoms with Crippen molar-refractivity contribution in [2.24, 2.45) is 5.73 Å². The van der Waals surface area contributed by atoms with Gasteiger partial charge in [0.15, 0.2) is 0 Å². The Hall–Kier alpha value is -1.10. The Balaban J connectivity index is 2.96. The molecule has 1 unspecified atom stereocenters. The highest BCUT2D eigenvalue weighted by atomic mass is 16.6. The smallest absolute Gasteiger partial charge is 0.250 e. The van der Waals surface area contributed by atoms with E-state index in [1.165, 1.54) is 7.11 Å². The van der Waals surface area contributed by atoms with Gasteiger partial charge in [-0.1, -0.05) is 12.1 Å². The van der Waals surface area contributed by atoms with Gasteiger partial charge in [0.2, 0.25) is 5.91 Å². The molecule has 0 radical (unpaired) electrons. The van der Waals surface area contributed by atoms with E-state index in [0.717, 1.165) is 0 Å². The molecule has 4 heteroatoms. The summed E-state index contributed by atoms with van der Waals surface area (Å²) < 4.78 is 4.66. The second-order valence-electron chi connectivity index (χ2n) is 2.52. The van der Waals surface area contributed by atoms with Gasteiger partial charge in [0.05, 0.1) is 0 Å². The minimum Gasteiger partial charge on any atom is -0.399 e. The molecule has 0 aliphatic heterocycles. The average Bonchev–Trinajstić information content (AvgIpc) is 2.05. The maximum absolute atomic E-state index is 9.40. The normalized spacial score (nSPS) is 15.6. The third kappa shape index (κ3) is 1.73. The van der Waals surface area contributed by atoms with Crippen LogP contribution in [0.5, 0.6) is 0 Å². The fraction of sp³-hybridized carbons (Fsp3) is 0.250. The van der Waals surface area contributed by atoms with Crippen LogP contribution in [0, 0.1) is 0 Å². The summed E-state index contributed by atoms with van der Waals surface area (Å²) in [6, 6.07) is 6.51. The molecule has 0 amide bonds. The molecule has 12 heavy (non-hydrogen) atoms. The van der Waals surface area contributed by atoms with Crippen LogP contribution in [-0.4, -0.2) is 12.2 Å². The molecule has 0 fully saturated rings. The van der Waals surface area contributed by atoms with E-state index in [0.29, 0.717) is 11.3 Å². The highest BCUT2D eigenvalue weighted by Crippen LogP contribution is 2.16. The van der Waals surface area contributed by atoms with Gasteiger partial charge in [-0.3, -0.25) is 5.73 Å². The Bertz CT molecular complexity index is 256. The number of methoxy groups -OCH3 is 1. The third-order valence-electron chi connectivity index (χ3n) is 1.64. The zero-order chi connectivity index (χ0) is 9.19. The van der Waals surface area contributed by atoms with Crippen molar-refractivity contribution in [3.63, 3.8) is 0 Å². The van der Waals surface area contributed by atoms with Gasteiger partial charge in [0.1, 0.15) is 0 Å². The fourth-order valence-corrected chi connectivity index (χ4v) is 0.840. The zero-order valence-corrected chi connectivity index (χ0v) is 6.82. The molecule has 0 heterocycles. The maximum atomic E-state index is 9.40. The Morgan fingerprint density at radius 3 is 2.25 bits per heavy atom. The van der Waals surface area contributed by atoms with Crippen LogP contribution in [0.2, 0.25) is 0 Å². The SMILES string of the molecule is COC(N)(O)c1ccc(N)cc1. The number of nitrogen functional groups attached to an aromatic ring is 1. The topological polar surface area (TPSA) is 81.5 Å². The minimum atomic E-state index is -1.73. The molecule has 1 atom stereocenters. The van der Waals surface area contributed by atoms with Crippen molar-refractivity contribution in [2.75, 3.05) is 12.8 Å². The lowest BCUT2D eigenvalue weighted by Gasteiger charge is -2.20. The summed E-state index contributed by atoms with van der Waals surface area (Å²) in [4.78, 5) is 0. The summed E-state index contributed by atoms with van der Waals surface area (Å²) >= 11 is 0. The van der Waals surface area contributed by atoms with Crippen LogP contribution in [0.25, 0.3) is 0 Å². The van der Waals surface area contributed by atoms with E-state index in [1.807, 2.05) is 0 Å². The van der Waals surface area contributed by atoms with E-state index >= 15 is 0 Å². The minimum absolute atomic E-state index is 0.471. The van der Waals surface area contributed by atoms with Gasteiger partial charge >= 0.3 is 0 Å². The van der Waals surface area contributed by atoms with Crippen LogP contribution < -0.4 is 11.5 Å². The Morgan fingerprint density at radius 2 is 1.83 bits per heavy atom. The Kier molecular flexibility index (Phi) is 2.32. The van der Waals surface area contributed by atoms with Crippen LogP contribution in [0.15, 0.2) is 24.3 Å². The lowest BCUT2D eigenvalue weighted by molar-refractivity contribution is -0.189. The number of hydrogen-bond acceptors (Lipinski definition) is 4. The largest absolute Gasteiger partial charge is 0.399 e. The summed E-state index contributed by atoms with van der Waals surface area (Å²) in [5.74, 6) is -1.73. The third-order valence-corrected chi connectivity index (χ3v) is 1.64. The molecular formula is C8H12N2O2. The van der Waals surface area contributed by atoms with Gasteiger partial charge < -0.3 is 15.6 Å². The molecule has 66 valence electrons. The van der Waals surface area contributed by atoms with E-state index in [9.17, 15) is 5.11 Å². The van der Waals surface area contributed by atoms with Gasteiger partial charge in [-0.25, -0.2) is 0 Å². The summed E-state index contributed by atoms with van der Waals surface area (Å²) in [6.45, 7) is 0. The van der Waals surface area contributed by atoms with Crippen LogP contribution >= 0.6 is 0 Å². The number of ether oxygens (including phenoxy) is 1. The number of anilines is 1. The molecule has 1 rings (SSSR count). The maximum Gasteiger partial charge on any atom is 0.250 e. The highest BCUT2D eigenvalue weighted by Gasteiger charge is 2.22. The number of nitrogens with two attached hydrogens (primary N) is 2. The van der Waals surface area contributed by atoms with Gasteiger partial charge in [0.25, 0.3) is 0 Å². The fourth-order valence-electron chi connectivity index (χ4n) is 0.840. The summed E-state index contributed by atoms with van der Waals surface area (Å²) in [5.41, 5.74) is 11.9. The van der Waals surface area contributed by atoms with Crippen LogP contribution in [-0.2, 0) is 10.6 Å². The summed E-state index contributed by atoms with van der Waals surface area (Å²) in [7, 11) is 1.33.